The van der Waals surface area contributed by atoms with Crippen molar-refractivity contribution in [2.75, 3.05) is 25.0 Å². The molecular weight excluding hydrogens is 256 g/mol. The van der Waals surface area contributed by atoms with Crippen LogP contribution in [0.4, 0.5) is 5.69 Å². The van der Waals surface area contributed by atoms with E-state index in [9.17, 15) is 9.59 Å². The van der Waals surface area contributed by atoms with Crippen LogP contribution in [0.3, 0.4) is 0 Å². The Morgan fingerprint density at radius 1 is 1.10 bits per heavy atom. The van der Waals surface area contributed by atoms with Crippen LogP contribution in [0.5, 0.6) is 0 Å². The molecule has 20 heavy (non-hydrogen) atoms. The highest BCUT2D eigenvalue weighted by Crippen LogP contribution is 2.09. The van der Waals surface area contributed by atoms with Gasteiger partial charge in [-0.25, -0.2) is 0 Å². The first kappa shape index (κ1) is 16.0. The fourth-order valence-electron chi connectivity index (χ4n) is 1.62. The lowest BCUT2D eigenvalue weighted by atomic mass is 10.2. The second-order valence-electron chi connectivity index (χ2n) is 4.32. The molecule has 1 rings (SSSR count). The maximum atomic E-state index is 11.8. The molecule has 1 aromatic rings. The largest absolute Gasteiger partial charge is 0.466 e. The molecule has 0 fully saturated rings. The molecule has 1 aromatic carbocycles. The molecular formula is C15H22N2O3. The van der Waals surface area contributed by atoms with Gasteiger partial charge >= 0.3 is 5.97 Å². The number of ether oxygens (including phenoxy) is 1. The third kappa shape index (κ3) is 5.73. The molecule has 1 amide bonds. The van der Waals surface area contributed by atoms with E-state index in [1.54, 1.807) is 19.1 Å². The first-order valence-corrected chi connectivity index (χ1v) is 6.95. The minimum Gasteiger partial charge on any atom is -0.466 e. The quantitative estimate of drug-likeness (QED) is 0.715. The van der Waals surface area contributed by atoms with E-state index in [0.29, 0.717) is 12.2 Å². The van der Waals surface area contributed by atoms with Gasteiger partial charge in [-0.2, -0.15) is 0 Å². The molecule has 5 nitrogen and oxygen atoms in total. The standard InChI is InChI=1S/C15H22N2O3/c1-3-10-16-13-7-5-12(6-8-13)15(19)17-11-9-14(18)20-4-2/h5-8,16H,3-4,9-11H2,1-2H3,(H,17,19). The van der Waals surface area contributed by atoms with Gasteiger partial charge in [-0.1, -0.05) is 6.92 Å². The average Bonchev–Trinajstić information content (AvgIpc) is 2.46. The summed E-state index contributed by atoms with van der Waals surface area (Å²) < 4.78 is 4.78. The topological polar surface area (TPSA) is 67.4 Å². The molecule has 5 heteroatoms. The number of amides is 1. The lowest BCUT2D eigenvalue weighted by Crippen LogP contribution is -2.26. The maximum absolute atomic E-state index is 11.8. The van der Waals surface area contributed by atoms with Crippen LogP contribution >= 0.6 is 0 Å². The number of nitrogens with one attached hydrogen (secondary N) is 2. The van der Waals surface area contributed by atoms with Gasteiger partial charge in [-0.05, 0) is 37.6 Å². The van der Waals surface area contributed by atoms with Crippen LogP contribution in [-0.4, -0.2) is 31.6 Å². The average molecular weight is 278 g/mol. The predicted molar refractivity (Wildman–Crippen MR) is 78.8 cm³/mol. The zero-order valence-electron chi connectivity index (χ0n) is 12.1. The first-order valence-electron chi connectivity index (χ1n) is 6.95. The fourth-order valence-corrected chi connectivity index (χ4v) is 1.62. The van der Waals surface area contributed by atoms with Crippen LogP contribution in [-0.2, 0) is 9.53 Å². The number of carbonyl (C=O) groups is 2. The van der Waals surface area contributed by atoms with E-state index in [1.165, 1.54) is 0 Å². The Hall–Kier alpha value is -2.04. The van der Waals surface area contributed by atoms with Gasteiger partial charge in [-0.3, -0.25) is 9.59 Å². The van der Waals surface area contributed by atoms with E-state index in [0.717, 1.165) is 18.7 Å². The summed E-state index contributed by atoms with van der Waals surface area (Å²) in [6.45, 7) is 5.40. The highest BCUT2D eigenvalue weighted by molar-refractivity contribution is 5.94. The van der Waals surface area contributed by atoms with E-state index >= 15 is 0 Å². The van der Waals surface area contributed by atoms with Crippen LogP contribution in [0.15, 0.2) is 24.3 Å². The van der Waals surface area contributed by atoms with E-state index in [-0.39, 0.29) is 24.8 Å². The number of benzene rings is 1. The molecule has 0 saturated carbocycles. The van der Waals surface area contributed by atoms with Crippen LogP contribution in [0.2, 0.25) is 0 Å². The monoisotopic (exact) mass is 278 g/mol. The maximum Gasteiger partial charge on any atom is 0.307 e. The number of esters is 1. The van der Waals surface area contributed by atoms with E-state index in [4.69, 9.17) is 4.74 Å². The summed E-state index contributed by atoms with van der Waals surface area (Å²) in [7, 11) is 0. The summed E-state index contributed by atoms with van der Waals surface area (Å²) in [6, 6.07) is 7.27. The smallest absolute Gasteiger partial charge is 0.307 e. The molecule has 0 aliphatic rings. The number of carbonyl (C=O) groups excluding carboxylic acids is 2. The highest BCUT2D eigenvalue weighted by atomic mass is 16.5. The van der Waals surface area contributed by atoms with Crippen molar-refractivity contribution >= 4 is 17.6 Å². The fraction of sp³-hybridized carbons (Fsp3) is 0.467. The summed E-state index contributed by atoms with van der Waals surface area (Å²) in [4.78, 5) is 23.0. The summed E-state index contributed by atoms with van der Waals surface area (Å²) in [6.07, 6.45) is 1.24. The van der Waals surface area contributed by atoms with Crippen molar-refractivity contribution in [1.82, 2.24) is 5.32 Å². The summed E-state index contributed by atoms with van der Waals surface area (Å²) in [5.74, 6) is -0.483. The normalized spacial score (nSPS) is 9.90. The zero-order chi connectivity index (χ0) is 14.8. The molecule has 0 unspecified atom stereocenters. The Morgan fingerprint density at radius 3 is 2.40 bits per heavy atom. The van der Waals surface area contributed by atoms with Gasteiger partial charge in [0.1, 0.15) is 0 Å². The lowest BCUT2D eigenvalue weighted by molar-refractivity contribution is -0.142. The number of rotatable bonds is 8. The second-order valence-corrected chi connectivity index (χ2v) is 4.32. The lowest BCUT2D eigenvalue weighted by Gasteiger charge is -2.07. The van der Waals surface area contributed by atoms with Gasteiger partial charge < -0.3 is 15.4 Å². The molecule has 0 saturated heterocycles. The molecule has 0 aliphatic carbocycles. The molecule has 2 N–H and O–H groups in total. The van der Waals surface area contributed by atoms with E-state index < -0.39 is 0 Å². The third-order valence-corrected chi connectivity index (χ3v) is 2.65. The van der Waals surface area contributed by atoms with Crippen LogP contribution in [0, 0.1) is 0 Å². The predicted octanol–water partition coefficient (Wildman–Crippen LogP) is 2.19. The van der Waals surface area contributed by atoms with Crippen LogP contribution in [0.1, 0.15) is 37.0 Å². The van der Waals surface area contributed by atoms with Crippen LogP contribution < -0.4 is 10.6 Å². The summed E-state index contributed by atoms with van der Waals surface area (Å²) in [5, 5.41) is 5.93. The Labute approximate surface area is 119 Å². The van der Waals surface area contributed by atoms with Gasteiger partial charge in [0.2, 0.25) is 0 Å². The van der Waals surface area contributed by atoms with Crippen molar-refractivity contribution in [3.63, 3.8) is 0 Å². The molecule has 0 atom stereocenters. The van der Waals surface area contributed by atoms with Gasteiger partial charge in [0.05, 0.1) is 13.0 Å². The first-order chi connectivity index (χ1) is 9.67. The SMILES string of the molecule is CCCNc1ccc(C(=O)NCCC(=O)OCC)cc1. The second kappa shape index (κ2) is 8.96. The minimum atomic E-state index is -0.299. The Balaban J connectivity index is 2.37. The Morgan fingerprint density at radius 2 is 1.80 bits per heavy atom. The van der Waals surface area contributed by atoms with Crippen molar-refractivity contribution in [2.45, 2.75) is 26.7 Å². The van der Waals surface area contributed by atoms with Crippen molar-refractivity contribution in [3.8, 4) is 0 Å². The summed E-state index contributed by atoms with van der Waals surface area (Å²) >= 11 is 0. The highest BCUT2D eigenvalue weighted by Gasteiger charge is 2.06. The number of anilines is 1. The molecule has 110 valence electrons. The van der Waals surface area contributed by atoms with Gasteiger partial charge in [-0.15, -0.1) is 0 Å². The van der Waals surface area contributed by atoms with E-state index in [1.807, 2.05) is 12.1 Å². The van der Waals surface area contributed by atoms with Gasteiger partial charge in [0.15, 0.2) is 0 Å². The molecule has 0 radical (unpaired) electrons. The Kier molecular flexibility index (Phi) is 7.17. The van der Waals surface area contributed by atoms with E-state index in [2.05, 4.69) is 17.6 Å². The number of hydrogen-bond donors (Lipinski definition) is 2. The Bertz CT molecular complexity index is 429. The van der Waals surface area contributed by atoms with Gasteiger partial charge in [0.25, 0.3) is 5.91 Å². The molecule has 0 heterocycles. The van der Waals surface area contributed by atoms with Crippen LogP contribution in [0.25, 0.3) is 0 Å². The third-order valence-electron chi connectivity index (χ3n) is 2.65. The molecule has 0 aliphatic heterocycles. The minimum absolute atomic E-state index is 0.184. The van der Waals surface area contributed by atoms with Crippen molar-refractivity contribution in [1.29, 1.82) is 0 Å². The van der Waals surface area contributed by atoms with Crippen molar-refractivity contribution in [3.05, 3.63) is 29.8 Å². The molecule has 0 bridgehead atoms. The van der Waals surface area contributed by atoms with Crippen molar-refractivity contribution in [2.24, 2.45) is 0 Å². The molecule has 0 spiro atoms. The zero-order valence-corrected chi connectivity index (χ0v) is 12.1. The van der Waals surface area contributed by atoms with Crippen molar-refractivity contribution < 1.29 is 14.3 Å². The molecule has 0 aromatic heterocycles. The number of hydrogen-bond acceptors (Lipinski definition) is 4. The van der Waals surface area contributed by atoms with Gasteiger partial charge in [0, 0.05) is 24.3 Å². The summed E-state index contributed by atoms with van der Waals surface area (Å²) in [5.41, 5.74) is 1.57.